The number of unbranched alkanes of at least 4 members (excludes halogenated alkanes) is 4. The highest BCUT2D eigenvalue weighted by molar-refractivity contribution is 6.92. The SMILES string of the molecule is C=CCOc1c(CCCCC)cc(CCCCC)cc1[Si](C)(C)C1c2cc(-c3cccc(C(C)CC)c3)ccc2-c2ccc(-c3cccc(C(C)CC)c3)cc21. The molecule has 56 heavy (non-hydrogen) atoms. The van der Waals surface area contributed by atoms with E-state index in [1.54, 1.807) is 0 Å². The summed E-state index contributed by atoms with van der Waals surface area (Å²) in [7, 11) is -2.38. The fourth-order valence-corrected chi connectivity index (χ4v) is 12.8. The Morgan fingerprint density at radius 2 is 1.14 bits per heavy atom. The van der Waals surface area contributed by atoms with Crippen molar-refractivity contribution >= 4 is 13.3 Å². The van der Waals surface area contributed by atoms with Crippen molar-refractivity contribution < 1.29 is 4.74 Å². The van der Waals surface area contributed by atoms with Crippen molar-refractivity contribution in [2.24, 2.45) is 0 Å². The van der Waals surface area contributed by atoms with Crippen LogP contribution in [-0.2, 0) is 12.8 Å². The van der Waals surface area contributed by atoms with Crippen molar-refractivity contribution in [2.45, 2.75) is 136 Å². The number of hydrogen-bond acceptors (Lipinski definition) is 1. The van der Waals surface area contributed by atoms with Gasteiger partial charge in [0.1, 0.15) is 12.4 Å². The Balaban J connectivity index is 1.57. The monoisotopic (exact) mass is 761 g/mol. The van der Waals surface area contributed by atoms with E-state index in [1.165, 1.54) is 110 Å². The van der Waals surface area contributed by atoms with Gasteiger partial charge in [0.15, 0.2) is 0 Å². The number of ether oxygens (including phenoxy) is 1. The van der Waals surface area contributed by atoms with E-state index in [-0.39, 0.29) is 5.54 Å². The maximum atomic E-state index is 6.85. The Kier molecular flexibility index (Phi) is 14.0. The van der Waals surface area contributed by atoms with E-state index in [1.807, 2.05) is 6.08 Å². The standard InChI is InChI=1S/C54H68OSi/c1-10-15-17-21-40-32-47(22-18-16-11-2)53(55-31-12-3)52(33-40)56(8,9)54-50-36-45(43-25-19-23-41(34-43)38(6)13-4)27-29-48(50)49-30-28-46(37-51(49)54)44-26-20-24-42(35-44)39(7)14-5/h12,19-20,23-30,32-39,54H,3,10-11,13-18,21-22,31H2,1-2,4-9H3. The van der Waals surface area contributed by atoms with Gasteiger partial charge in [-0.15, -0.1) is 0 Å². The van der Waals surface area contributed by atoms with Crippen LogP contribution in [0, 0.1) is 0 Å². The lowest BCUT2D eigenvalue weighted by Crippen LogP contribution is -2.49. The predicted molar refractivity (Wildman–Crippen MR) is 248 cm³/mol. The maximum Gasteiger partial charge on any atom is 0.122 e. The van der Waals surface area contributed by atoms with Crippen LogP contribution in [0.15, 0.2) is 110 Å². The number of rotatable bonds is 19. The molecule has 5 aromatic rings. The molecule has 0 spiro atoms. The molecule has 0 bridgehead atoms. The van der Waals surface area contributed by atoms with Gasteiger partial charge in [0.2, 0.25) is 0 Å². The van der Waals surface area contributed by atoms with E-state index in [4.69, 9.17) is 4.74 Å². The average molecular weight is 761 g/mol. The lowest BCUT2D eigenvalue weighted by atomic mass is 9.93. The van der Waals surface area contributed by atoms with Gasteiger partial charge in [0.25, 0.3) is 0 Å². The Morgan fingerprint density at radius 3 is 1.64 bits per heavy atom. The van der Waals surface area contributed by atoms with Crippen LogP contribution in [0.3, 0.4) is 0 Å². The number of benzene rings is 5. The Labute approximate surface area is 341 Å². The zero-order chi connectivity index (χ0) is 39.8. The Morgan fingerprint density at radius 1 is 0.625 bits per heavy atom. The van der Waals surface area contributed by atoms with Crippen LogP contribution in [0.5, 0.6) is 5.75 Å². The molecule has 294 valence electrons. The molecule has 0 fully saturated rings. The zero-order valence-corrected chi connectivity index (χ0v) is 36.9. The first-order valence-corrected chi connectivity index (χ1v) is 25.1. The predicted octanol–water partition coefficient (Wildman–Crippen LogP) is 15.3. The minimum Gasteiger partial charge on any atom is -0.489 e. The maximum absolute atomic E-state index is 6.85. The smallest absolute Gasteiger partial charge is 0.122 e. The van der Waals surface area contributed by atoms with E-state index in [2.05, 4.69) is 158 Å². The lowest BCUT2D eigenvalue weighted by Gasteiger charge is -2.35. The molecule has 2 atom stereocenters. The van der Waals surface area contributed by atoms with Crippen LogP contribution >= 0.6 is 0 Å². The van der Waals surface area contributed by atoms with Gasteiger partial charge in [-0.25, -0.2) is 0 Å². The molecule has 0 heterocycles. The van der Waals surface area contributed by atoms with Crippen molar-refractivity contribution in [2.75, 3.05) is 6.61 Å². The van der Waals surface area contributed by atoms with Crippen molar-refractivity contribution in [3.8, 4) is 39.1 Å². The van der Waals surface area contributed by atoms with Crippen LogP contribution < -0.4 is 9.92 Å². The molecule has 0 aliphatic heterocycles. The number of aryl methyl sites for hydroxylation is 2. The third kappa shape index (κ3) is 8.87. The zero-order valence-electron chi connectivity index (χ0n) is 35.9. The summed E-state index contributed by atoms with van der Waals surface area (Å²) in [6.45, 7) is 23.7. The highest BCUT2D eigenvalue weighted by Gasteiger charge is 2.44. The van der Waals surface area contributed by atoms with Crippen molar-refractivity contribution in [1.29, 1.82) is 0 Å². The topological polar surface area (TPSA) is 9.23 Å². The first kappa shape index (κ1) is 41.5. The second kappa shape index (κ2) is 18.9. The quantitative estimate of drug-likeness (QED) is 0.0463. The minimum absolute atomic E-state index is 0.267. The van der Waals surface area contributed by atoms with Gasteiger partial charge in [-0.05, 0) is 122 Å². The van der Waals surface area contributed by atoms with Crippen LogP contribution in [0.1, 0.15) is 144 Å². The van der Waals surface area contributed by atoms with E-state index in [9.17, 15) is 0 Å². The minimum atomic E-state index is -2.38. The second-order valence-electron chi connectivity index (χ2n) is 17.3. The summed E-state index contributed by atoms with van der Waals surface area (Å²) in [5.74, 6) is 2.21. The summed E-state index contributed by atoms with van der Waals surface area (Å²) in [6.07, 6.45) is 13.8. The second-order valence-corrected chi connectivity index (χ2v) is 21.8. The van der Waals surface area contributed by atoms with E-state index in [0.717, 1.165) is 31.4 Å². The summed E-state index contributed by atoms with van der Waals surface area (Å²) in [6, 6.07) is 38.4. The summed E-state index contributed by atoms with van der Waals surface area (Å²) in [5.41, 5.74) is 17.0. The summed E-state index contributed by atoms with van der Waals surface area (Å²) in [4.78, 5) is 0. The molecule has 0 aromatic heterocycles. The van der Waals surface area contributed by atoms with Gasteiger partial charge in [0, 0.05) is 5.54 Å². The molecule has 0 amide bonds. The number of hydrogen-bond donors (Lipinski definition) is 0. The van der Waals surface area contributed by atoms with Crippen molar-refractivity contribution in [1.82, 2.24) is 0 Å². The molecule has 1 aliphatic carbocycles. The fraction of sp³-hybridized carbons (Fsp3) is 0.407. The largest absolute Gasteiger partial charge is 0.489 e. The van der Waals surface area contributed by atoms with Crippen LogP contribution in [-0.4, -0.2) is 14.7 Å². The molecule has 0 saturated heterocycles. The third-order valence-corrected chi connectivity index (χ3v) is 16.7. The van der Waals surface area contributed by atoms with E-state index < -0.39 is 8.07 Å². The molecular weight excluding hydrogens is 693 g/mol. The molecule has 0 saturated carbocycles. The molecular formula is C54H68OSi. The van der Waals surface area contributed by atoms with Gasteiger partial charge >= 0.3 is 0 Å². The molecule has 1 aliphatic rings. The van der Waals surface area contributed by atoms with Gasteiger partial charge in [-0.2, -0.15) is 0 Å². The van der Waals surface area contributed by atoms with Gasteiger partial charge in [-0.1, -0.05) is 190 Å². The molecule has 0 N–H and O–H groups in total. The Hall–Kier alpha value is -4.14. The van der Waals surface area contributed by atoms with Gasteiger partial charge in [-0.3, -0.25) is 0 Å². The van der Waals surface area contributed by atoms with Crippen LogP contribution in [0.25, 0.3) is 33.4 Å². The highest BCUT2D eigenvalue weighted by Crippen LogP contribution is 2.51. The van der Waals surface area contributed by atoms with Crippen LogP contribution in [0.2, 0.25) is 13.1 Å². The normalized spacial score (nSPS) is 14.6. The summed E-state index contributed by atoms with van der Waals surface area (Å²) in [5, 5.41) is 1.47. The lowest BCUT2D eigenvalue weighted by molar-refractivity contribution is 0.361. The van der Waals surface area contributed by atoms with Gasteiger partial charge < -0.3 is 4.74 Å². The average Bonchev–Trinajstić information content (AvgIpc) is 3.56. The molecule has 0 radical (unpaired) electrons. The molecule has 2 unspecified atom stereocenters. The first-order valence-electron chi connectivity index (χ1n) is 22.0. The molecule has 5 aromatic carbocycles. The number of fused-ring (bicyclic) bond motifs is 3. The summed E-state index contributed by atoms with van der Waals surface area (Å²) >= 11 is 0. The van der Waals surface area contributed by atoms with Crippen molar-refractivity contribution in [3.63, 3.8) is 0 Å². The third-order valence-electron chi connectivity index (χ3n) is 12.9. The molecule has 1 nitrogen and oxygen atoms in total. The first-order chi connectivity index (χ1) is 27.1. The van der Waals surface area contributed by atoms with E-state index >= 15 is 0 Å². The van der Waals surface area contributed by atoms with Gasteiger partial charge in [0.05, 0.1) is 8.07 Å². The molecule has 2 heteroatoms. The fourth-order valence-electron chi connectivity index (χ4n) is 9.10. The highest BCUT2D eigenvalue weighted by atomic mass is 28.3. The van der Waals surface area contributed by atoms with Crippen molar-refractivity contribution in [3.05, 3.63) is 143 Å². The van der Waals surface area contributed by atoms with E-state index in [0.29, 0.717) is 18.4 Å². The summed E-state index contributed by atoms with van der Waals surface area (Å²) < 4.78 is 6.85. The Bertz CT molecular complexity index is 2000. The molecule has 6 rings (SSSR count). The van der Waals surface area contributed by atoms with Crippen LogP contribution in [0.4, 0.5) is 0 Å².